The van der Waals surface area contributed by atoms with Gasteiger partial charge in [-0.2, -0.15) is 0 Å². The molecule has 11 heavy (non-hydrogen) atoms. The van der Waals surface area contributed by atoms with Gasteiger partial charge in [0.15, 0.2) is 0 Å². The lowest BCUT2D eigenvalue weighted by atomic mass is 10.3. The summed E-state index contributed by atoms with van der Waals surface area (Å²) >= 11 is 0. The molecule has 2 heteroatoms. The van der Waals surface area contributed by atoms with Crippen LogP contribution in [-0.4, -0.2) is 18.5 Å². The van der Waals surface area contributed by atoms with Crippen LogP contribution >= 0.6 is 0 Å². The van der Waals surface area contributed by atoms with Crippen molar-refractivity contribution < 1.29 is 4.42 Å². The molecule has 1 heterocycles. The van der Waals surface area contributed by atoms with Gasteiger partial charge < -0.3 is 9.32 Å². The van der Waals surface area contributed by atoms with Crippen LogP contribution < -0.4 is 0 Å². The summed E-state index contributed by atoms with van der Waals surface area (Å²) in [6.07, 6.45) is 7.70. The number of hydrogen-bond donors (Lipinski definition) is 0. The largest absolute Gasteiger partial charge is 0.469 e. The van der Waals surface area contributed by atoms with Crippen LogP contribution in [-0.2, 0) is 6.42 Å². The predicted molar refractivity (Wildman–Crippen MR) is 43.9 cm³/mol. The van der Waals surface area contributed by atoms with Gasteiger partial charge in [-0.1, -0.05) is 6.42 Å². The number of furan rings is 1. The second-order valence-corrected chi connectivity index (χ2v) is 2.38. The first-order chi connectivity index (χ1) is 5.33. The highest BCUT2D eigenvalue weighted by Crippen LogP contribution is 2.00. The first-order valence-corrected chi connectivity index (χ1v) is 3.52. The maximum Gasteiger partial charge on any atom is 0.105 e. The van der Waals surface area contributed by atoms with Crippen molar-refractivity contribution in [3.63, 3.8) is 0 Å². The molecular formula is C9H11NO. The number of hydrogen-bond acceptors (Lipinski definition) is 2. The highest BCUT2D eigenvalue weighted by Gasteiger charge is 1.96. The van der Waals surface area contributed by atoms with Crippen molar-refractivity contribution in [2.24, 2.45) is 0 Å². The molecule has 1 aromatic heterocycles. The Morgan fingerprint density at radius 1 is 1.73 bits per heavy atom. The Balaban J connectivity index is 2.30. The van der Waals surface area contributed by atoms with E-state index in [0.29, 0.717) is 0 Å². The van der Waals surface area contributed by atoms with E-state index in [1.54, 1.807) is 11.2 Å². The van der Waals surface area contributed by atoms with Gasteiger partial charge in [0, 0.05) is 26.1 Å². The van der Waals surface area contributed by atoms with E-state index in [4.69, 9.17) is 10.8 Å². The predicted octanol–water partition coefficient (Wildman–Crippen LogP) is 1.34. The molecule has 0 fully saturated rings. The minimum atomic E-state index is 0.837. The minimum absolute atomic E-state index is 0.837. The summed E-state index contributed by atoms with van der Waals surface area (Å²) in [6, 6.07) is 6.35. The highest BCUT2D eigenvalue weighted by atomic mass is 16.3. The van der Waals surface area contributed by atoms with E-state index in [-0.39, 0.29) is 0 Å². The van der Waals surface area contributed by atoms with Crippen molar-refractivity contribution in [2.45, 2.75) is 6.42 Å². The van der Waals surface area contributed by atoms with Gasteiger partial charge in [0.1, 0.15) is 5.76 Å². The van der Waals surface area contributed by atoms with Gasteiger partial charge in [-0.15, -0.1) is 0 Å². The maximum atomic E-state index is 5.16. The summed E-state index contributed by atoms with van der Waals surface area (Å²) in [5, 5.41) is 0. The van der Waals surface area contributed by atoms with Gasteiger partial charge in [0.05, 0.1) is 6.26 Å². The topological polar surface area (TPSA) is 16.4 Å². The molecule has 0 atom stereocenters. The molecule has 0 amide bonds. The molecule has 0 aliphatic rings. The molecule has 0 aliphatic carbocycles. The minimum Gasteiger partial charge on any atom is -0.469 e. The van der Waals surface area contributed by atoms with Crippen LogP contribution in [0.4, 0.5) is 0 Å². The zero-order valence-corrected chi connectivity index (χ0v) is 6.58. The first kappa shape index (κ1) is 7.74. The fourth-order valence-corrected chi connectivity index (χ4v) is 0.797. The van der Waals surface area contributed by atoms with Crippen molar-refractivity contribution in [3.8, 4) is 12.5 Å². The molecule has 0 radical (unpaired) electrons. The van der Waals surface area contributed by atoms with E-state index in [9.17, 15) is 0 Å². The molecule has 0 N–H and O–H groups in total. The highest BCUT2D eigenvalue weighted by molar-refractivity contribution is 4.99. The molecule has 1 aromatic rings. The molecule has 0 aliphatic heterocycles. The fourth-order valence-electron chi connectivity index (χ4n) is 0.797. The fraction of sp³-hybridized carbons (Fsp3) is 0.333. The third kappa shape index (κ3) is 2.38. The number of nitrogens with zero attached hydrogens (tertiary/aromatic N) is 1. The second-order valence-electron chi connectivity index (χ2n) is 2.38. The van der Waals surface area contributed by atoms with Crippen molar-refractivity contribution in [1.29, 1.82) is 0 Å². The summed E-state index contributed by atoms with van der Waals surface area (Å²) in [6.45, 7) is 0.837. The third-order valence-corrected chi connectivity index (χ3v) is 1.49. The van der Waals surface area contributed by atoms with E-state index in [1.165, 1.54) is 0 Å². The van der Waals surface area contributed by atoms with Crippen LogP contribution in [0.1, 0.15) is 5.76 Å². The molecular weight excluding hydrogens is 138 g/mol. The van der Waals surface area contributed by atoms with Crippen LogP contribution in [0.25, 0.3) is 0 Å². The lowest BCUT2D eigenvalue weighted by Gasteiger charge is -2.07. The molecule has 1 rings (SSSR count). The Hall–Kier alpha value is -1.36. The quantitative estimate of drug-likeness (QED) is 0.476. The maximum absolute atomic E-state index is 5.16. The Morgan fingerprint density at radius 3 is 3.09 bits per heavy atom. The van der Waals surface area contributed by atoms with Gasteiger partial charge in [0.2, 0.25) is 0 Å². The van der Waals surface area contributed by atoms with Gasteiger partial charge in [0.25, 0.3) is 0 Å². The summed E-state index contributed by atoms with van der Waals surface area (Å²) < 4.78 is 5.13. The summed E-state index contributed by atoms with van der Waals surface area (Å²) in [5.74, 6) is 0.979. The summed E-state index contributed by atoms with van der Waals surface area (Å²) in [5.41, 5.74) is 0. The van der Waals surface area contributed by atoms with E-state index in [0.717, 1.165) is 18.7 Å². The lowest BCUT2D eigenvalue weighted by Crippen LogP contribution is -2.14. The van der Waals surface area contributed by atoms with Gasteiger partial charge in [-0.25, -0.2) is 0 Å². The van der Waals surface area contributed by atoms with Crippen molar-refractivity contribution >= 4 is 0 Å². The molecule has 0 unspecified atom stereocenters. The number of likely N-dealkylation sites (N-methyl/N-ethyl adjacent to an activating group) is 1. The smallest absolute Gasteiger partial charge is 0.105 e. The van der Waals surface area contributed by atoms with Crippen LogP contribution in [0, 0.1) is 12.5 Å². The Kier molecular flexibility index (Phi) is 2.62. The van der Waals surface area contributed by atoms with Crippen LogP contribution in [0.5, 0.6) is 0 Å². The van der Waals surface area contributed by atoms with Crippen LogP contribution in [0.2, 0.25) is 0 Å². The molecule has 58 valence electrons. The number of rotatable bonds is 3. The monoisotopic (exact) mass is 149 g/mol. The summed E-state index contributed by atoms with van der Waals surface area (Å²) in [4.78, 5) is 1.79. The summed E-state index contributed by atoms with van der Waals surface area (Å²) in [7, 11) is 1.88. The van der Waals surface area contributed by atoms with E-state index in [1.807, 2.05) is 19.2 Å². The van der Waals surface area contributed by atoms with Crippen molar-refractivity contribution in [3.05, 3.63) is 24.2 Å². The average molecular weight is 149 g/mol. The zero-order chi connectivity index (χ0) is 8.10. The third-order valence-electron chi connectivity index (χ3n) is 1.49. The van der Waals surface area contributed by atoms with Crippen LogP contribution in [0.15, 0.2) is 22.8 Å². The van der Waals surface area contributed by atoms with Gasteiger partial charge in [-0.05, 0) is 12.1 Å². The normalized spacial score (nSPS) is 9.09. The zero-order valence-electron chi connectivity index (χ0n) is 6.58. The van der Waals surface area contributed by atoms with E-state index < -0.39 is 0 Å². The lowest BCUT2D eigenvalue weighted by molar-refractivity contribution is 0.440. The Bertz CT molecular complexity index is 233. The Labute approximate surface area is 66.8 Å². The average Bonchev–Trinajstić information content (AvgIpc) is 2.52. The van der Waals surface area contributed by atoms with E-state index in [2.05, 4.69) is 6.04 Å². The Morgan fingerprint density at radius 2 is 2.55 bits per heavy atom. The molecule has 0 bridgehead atoms. The van der Waals surface area contributed by atoms with E-state index >= 15 is 0 Å². The van der Waals surface area contributed by atoms with Gasteiger partial charge in [-0.3, -0.25) is 0 Å². The SMILES string of the molecule is C#CN(C)CCc1ccco1. The molecule has 0 saturated carbocycles. The molecule has 0 saturated heterocycles. The molecule has 2 nitrogen and oxygen atoms in total. The van der Waals surface area contributed by atoms with Crippen LogP contribution in [0.3, 0.4) is 0 Å². The first-order valence-electron chi connectivity index (χ1n) is 3.52. The van der Waals surface area contributed by atoms with Crippen molar-refractivity contribution in [1.82, 2.24) is 4.90 Å². The standard InChI is InChI=1S/C9H11NO/c1-3-10(2)7-6-9-5-4-8-11-9/h1,4-5,8H,6-7H2,2H3. The second kappa shape index (κ2) is 3.72. The van der Waals surface area contributed by atoms with Gasteiger partial charge >= 0.3 is 0 Å². The molecule has 0 aromatic carbocycles. The van der Waals surface area contributed by atoms with Crippen molar-refractivity contribution in [2.75, 3.05) is 13.6 Å². The molecule has 0 spiro atoms. The number of terminal acetylenes is 1.